The van der Waals surface area contributed by atoms with Crippen LogP contribution in [0, 0.1) is 0 Å². The zero-order valence-electron chi connectivity index (χ0n) is 16.3. The Hall–Kier alpha value is -2.12. The standard InChI is InChI=1S/C20H30N4O3/c1-22(13-16-4-3-5-18(12-16)27-2)20(26)15-24-10-8-23(9-11-24)14-19(25)21-17-6-7-17/h3-5,12,17H,6-11,13-15H2,1-2H3,(H,21,25). The van der Waals surface area contributed by atoms with E-state index < -0.39 is 0 Å². The fourth-order valence-corrected chi connectivity index (χ4v) is 3.25. The van der Waals surface area contributed by atoms with E-state index in [9.17, 15) is 9.59 Å². The molecule has 1 aromatic carbocycles. The van der Waals surface area contributed by atoms with E-state index in [0.29, 0.717) is 25.7 Å². The summed E-state index contributed by atoms with van der Waals surface area (Å²) in [5.41, 5.74) is 1.05. The van der Waals surface area contributed by atoms with Crippen LogP contribution in [-0.4, -0.2) is 86.0 Å². The van der Waals surface area contributed by atoms with Crippen LogP contribution in [0.3, 0.4) is 0 Å². The monoisotopic (exact) mass is 374 g/mol. The minimum Gasteiger partial charge on any atom is -0.497 e. The SMILES string of the molecule is COc1cccc(CN(C)C(=O)CN2CCN(CC(=O)NC3CC3)CC2)c1. The first-order chi connectivity index (χ1) is 13.0. The molecule has 7 nitrogen and oxygen atoms in total. The molecule has 27 heavy (non-hydrogen) atoms. The maximum atomic E-state index is 12.5. The largest absolute Gasteiger partial charge is 0.497 e. The summed E-state index contributed by atoms with van der Waals surface area (Å²) in [6.07, 6.45) is 2.23. The average molecular weight is 374 g/mol. The normalized spacial score (nSPS) is 18.1. The zero-order chi connectivity index (χ0) is 19.2. The van der Waals surface area contributed by atoms with Crippen molar-refractivity contribution >= 4 is 11.8 Å². The highest BCUT2D eigenvalue weighted by molar-refractivity contribution is 5.79. The topological polar surface area (TPSA) is 65.1 Å². The first-order valence-electron chi connectivity index (χ1n) is 9.64. The molecular weight excluding hydrogens is 344 g/mol. The van der Waals surface area contributed by atoms with Crippen LogP contribution in [-0.2, 0) is 16.1 Å². The number of piperazine rings is 1. The molecule has 1 saturated carbocycles. The van der Waals surface area contributed by atoms with Crippen molar-refractivity contribution in [3.8, 4) is 5.75 Å². The lowest BCUT2D eigenvalue weighted by molar-refractivity contribution is -0.132. The smallest absolute Gasteiger partial charge is 0.236 e. The number of carbonyl (C=O) groups excluding carboxylic acids is 2. The zero-order valence-corrected chi connectivity index (χ0v) is 16.3. The van der Waals surface area contributed by atoms with Crippen molar-refractivity contribution in [3.05, 3.63) is 29.8 Å². The predicted molar refractivity (Wildman–Crippen MR) is 104 cm³/mol. The Kier molecular flexibility index (Phi) is 6.68. The van der Waals surface area contributed by atoms with Crippen molar-refractivity contribution in [2.24, 2.45) is 0 Å². The predicted octanol–water partition coefficient (Wildman–Crippen LogP) is 0.550. The first-order valence-corrected chi connectivity index (χ1v) is 9.64. The molecular formula is C20H30N4O3. The molecule has 1 saturated heterocycles. The molecule has 1 aliphatic heterocycles. The quantitative estimate of drug-likeness (QED) is 0.720. The number of nitrogens with zero attached hydrogens (tertiary/aromatic N) is 3. The summed E-state index contributed by atoms with van der Waals surface area (Å²) >= 11 is 0. The van der Waals surface area contributed by atoms with E-state index in [4.69, 9.17) is 4.74 Å². The van der Waals surface area contributed by atoms with Crippen molar-refractivity contribution in [2.75, 3.05) is 53.4 Å². The number of rotatable bonds is 8. The summed E-state index contributed by atoms with van der Waals surface area (Å²) in [7, 11) is 3.48. The second-order valence-electron chi connectivity index (χ2n) is 7.50. The van der Waals surface area contributed by atoms with Crippen LogP contribution in [0.15, 0.2) is 24.3 Å². The second kappa shape index (κ2) is 9.19. The maximum absolute atomic E-state index is 12.5. The molecule has 0 unspecified atom stereocenters. The van der Waals surface area contributed by atoms with Crippen molar-refractivity contribution in [3.63, 3.8) is 0 Å². The molecule has 0 aromatic heterocycles. The molecule has 0 radical (unpaired) electrons. The number of carbonyl (C=O) groups is 2. The van der Waals surface area contributed by atoms with E-state index in [0.717, 1.165) is 50.3 Å². The first kappa shape index (κ1) is 19.6. The number of ether oxygens (including phenoxy) is 1. The summed E-state index contributed by atoms with van der Waals surface area (Å²) in [5.74, 6) is 1.04. The van der Waals surface area contributed by atoms with E-state index in [1.54, 1.807) is 12.0 Å². The highest BCUT2D eigenvalue weighted by Crippen LogP contribution is 2.18. The maximum Gasteiger partial charge on any atom is 0.236 e. The van der Waals surface area contributed by atoms with Gasteiger partial charge in [0.15, 0.2) is 0 Å². The van der Waals surface area contributed by atoms with E-state index >= 15 is 0 Å². The van der Waals surface area contributed by atoms with Crippen LogP contribution < -0.4 is 10.1 Å². The second-order valence-corrected chi connectivity index (χ2v) is 7.50. The van der Waals surface area contributed by atoms with Crippen LogP contribution in [0.4, 0.5) is 0 Å². The van der Waals surface area contributed by atoms with Crippen molar-refractivity contribution < 1.29 is 14.3 Å². The average Bonchev–Trinajstić information content (AvgIpc) is 3.47. The summed E-state index contributed by atoms with van der Waals surface area (Å²) in [5, 5.41) is 3.03. The lowest BCUT2D eigenvalue weighted by Crippen LogP contribution is -2.51. The molecule has 148 valence electrons. The van der Waals surface area contributed by atoms with Crippen LogP contribution in [0.25, 0.3) is 0 Å². The number of methoxy groups -OCH3 is 1. The number of hydrogen-bond acceptors (Lipinski definition) is 5. The Morgan fingerprint density at radius 1 is 1.15 bits per heavy atom. The van der Waals surface area contributed by atoms with Crippen LogP contribution >= 0.6 is 0 Å². The fourth-order valence-electron chi connectivity index (χ4n) is 3.25. The minimum atomic E-state index is 0.109. The Labute approximate surface area is 161 Å². The highest BCUT2D eigenvalue weighted by atomic mass is 16.5. The van der Waals surface area contributed by atoms with Gasteiger partial charge < -0.3 is 15.0 Å². The number of benzene rings is 1. The molecule has 1 heterocycles. The van der Waals surface area contributed by atoms with E-state index in [-0.39, 0.29) is 11.8 Å². The number of likely N-dealkylation sites (N-methyl/N-ethyl adjacent to an activating group) is 1. The number of hydrogen-bond donors (Lipinski definition) is 1. The van der Waals surface area contributed by atoms with Crippen LogP contribution in [0.2, 0.25) is 0 Å². The van der Waals surface area contributed by atoms with Gasteiger partial charge in [-0.15, -0.1) is 0 Å². The molecule has 2 fully saturated rings. The van der Waals surface area contributed by atoms with Gasteiger partial charge in [0.25, 0.3) is 0 Å². The van der Waals surface area contributed by atoms with Crippen LogP contribution in [0.1, 0.15) is 18.4 Å². The summed E-state index contributed by atoms with van der Waals surface area (Å²) in [6, 6.07) is 8.20. The molecule has 0 spiro atoms. The van der Waals surface area contributed by atoms with Crippen molar-refractivity contribution in [2.45, 2.75) is 25.4 Å². The van der Waals surface area contributed by atoms with Gasteiger partial charge in [-0.05, 0) is 30.5 Å². The van der Waals surface area contributed by atoms with E-state index in [1.807, 2.05) is 31.3 Å². The summed E-state index contributed by atoms with van der Waals surface area (Å²) in [6.45, 7) is 4.73. The minimum absolute atomic E-state index is 0.109. The van der Waals surface area contributed by atoms with Gasteiger partial charge in [-0.2, -0.15) is 0 Å². The summed E-state index contributed by atoms with van der Waals surface area (Å²) < 4.78 is 5.24. The third-order valence-corrected chi connectivity index (χ3v) is 5.11. The van der Waals surface area contributed by atoms with Gasteiger partial charge in [0.1, 0.15) is 5.75 Å². The molecule has 2 aliphatic rings. The van der Waals surface area contributed by atoms with Gasteiger partial charge in [-0.1, -0.05) is 12.1 Å². The molecule has 1 aliphatic carbocycles. The van der Waals surface area contributed by atoms with Gasteiger partial charge in [-0.3, -0.25) is 19.4 Å². The lowest BCUT2D eigenvalue weighted by Gasteiger charge is -2.34. The molecule has 0 bridgehead atoms. The van der Waals surface area contributed by atoms with Crippen LogP contribution in [0.5, 0.6) is 5.75 Å². The Balaban J connectivity index is 1.38. The molecule has 1 aromatic rings. The lowest BCUT2D eigenvalue weighted by atomic mass is 10.2. The molecule has 2 amide bonds. The van der Waals surface area contributed by atoms with E-state index in [2.05, 4.69) is 15.1 Å². The molecule has 1 N–H and O–H groups in total. The van der Waals surface area contributed by atoms with Gasteiger partial charge in [-0.25, -0.2) is 0 Å². The highest BCUT2D eigenvalue weighted by Gasteiger charge is 2.26. The third-order valence-electron chi connectivity index (χ3n) is 5.11. The molecule has 7 heteroatoms. The number of nitrogens with one attached hydrogen (secondary N) is 1. The van der Waals surface area contributed by atoms with Gasteiger partial charge >= 0.3 is 0 Å². The molecule has 3 rings (SSSR count). The molecule has 0 atom stereocenters. The van der Waals surface area contributed by atoms with Crippen molar-refractivity contribution in [1.29, 1.82) is 0 Å². The summed E-state index contributed by atoms with van der Waals surface area (Å²) in [4.78, 5) is 30.5. The van der Waals surface area contributed by atoms with Gasteiger partial charge in [0, 0.05) is 45.8 Å². The third kappa shape index (κ3) is 6.22. The Morgan fingerprint density at radius 3 is 2.44 bits per heavy atom. The Morgan fingerprint density at radius 2 is 1.81 bits per heavy atom. The van der Waals surface area contributed by atoms with Gasteiger partial charge in [0.2, 0.25) is 11.8 Å². The van der Waals surface area contributed by atoms with Gasteiger partial charge in [0.05, 0.1) is 20.2 Å². The Bertz CT molecular complexity index is 654. The van der Waals surface area contributed by atoms with Crippen molar-refractivity contribution in [1.82, 2.24) is 20.0 Å². The van der Waals surface area contributed by atoms with E-state index in [1.165, 1.54) is 0 Å². The fraction of sp³-hybridized carbons (Fsp3) is 0.600. The number of amides is 2.